The van der Waals surface area contributed by atoms with Crippen LogP contribution in [0.2, 0.25) is 0 Å². The van der Waals surface area contributed by atoms with Gasteiger partial charge in [0, 0.05) is 6.08 Å². The second kappa shape index (κ2) is 5.93. The van der Waals surface area contributed by atoms with Crippen LogP contribution in [0, 0.1) is 0 Å². The lowest BCUT2D eigenvalue weighted by Crippen LogP contribution is -2.70. The molecule has 0 aliphatic heterocycles. The molecule has 0 spiro atoms. The second-order valence-electron chi connectivity index (χ2n) is 3.75. The van der Waals surface area contributed by atoms with Gasteiger partial charge in [0.15, 0.2) is 0 Å². The molecule has 0 amide bonds. The molecule has 0 bridgehead atoms. The van der Waals surface area contributed by atoms with E-state index in [1.165, 1.54) is 0 Å². The van der Waals surface area contributed by atoms with Gasteiger partial charge in [-0.05, 0) is 0 Å². The fourth-order valence-corrected chi connectivity index (χ4v) is 1.17. The number of aliphatic hydroxyl groups is 1. The van der Waals surface area contributed by atoms with E-state index in [1.807, 2.05) is 0 Å². The van der Waals surface area contributed by atoms with Crippen molar-refractivity contribution in [1.82, 2.24) is 0 Å². The van der Waals surface area contributed by atoms with Crippen molar-refractivity contribution in [3.8, 4) is 0 Å². The van der Waals surface area contributed by atoms with Crippen LogP contribution in [-0.2, 0) is 9.53 Å². The molecule has 0 rings (SSSR count). The van der Waals surface area contributed by atoms with Crippen LogP contribution in [0.1, 0.15) is 0 Å². The average Bonchev–Trinajstić information content (AvgIpc) is 2.30. The van der Waals surface area contributed by atoms with Gasteiger partial charge in [-0.3, -0.25) is 0 Å². The minimum Gasteiger partial charge on any atom is -0.443 e. The molecule has 0 heterocycles. The van der Waals surface area contributed by atoms with Crippen molar-refractivity contribution in [2.75, 3.05) is 0 Å². The van der Waals surface area contributed by atoms with Crippen LogP contribution in [0.25, 0.3) is 0 Å². The third-order valence-electron chi connectivity index (χ3n) is 2.28. The number of hydrogen-bond donors (Lipinski definition) is 1. The summed E-state index contributed by atoms with van der Waals surface area (Å²) in [5.41, 5.74) is -6.40. The van der Waals surface area contributed by atoms with Gasteiger partial charge in [-0.1, -0.05) is 6.58 Å². The highest BCUT2D eigenvalue weighted by Crippen LogP contribution is 2.51. The Labute approximate surface area is 115 Å². The summed E-state index contributed by atoms with van der Waals surface area (Å²) in [7, 11) is 0. The van der Waals surface area contributed by atoms with Gasteiger partial charge < -0.3 is 9.84 Å². The Hall–Kier alpha value is -1.53. The number of carbonyl (C=O) groups excluding carboxylic acids is 1. The molecule has 22 heavy (non-hydrogen) atoms. The lowest BCUT2D eigenvalue weighted by atomic mass is 9.90. The van der Waals surface area contributed by atoms with Crippen molar-refractivity contribution < 1.29 is 58.5 Å². The molecule has 0 aromatic carbocycles. The lowest BCUT2D eigenvalue weighted by Gasteiger charge is -2.39. The van der Waals surface area contributed by atoms with Gasteiger partial charge in [0.25, 0.3) is 18.1 Å². The van der Waals surface area contributed by atoms with E-state index in [9.17, 15) is 48.7 Å². The average molecular weight is 352 g/mol. The van der Waals surface area contributed by atoms with E-state index < -0.39 is 42.4 Å². The summed E-state index contributed by atoms with van der Waals surface area (Å²) in [6.07, 6.45) is -23.7. The van der Waals surface area contributed by atoms with E-state index in [1.54, 1.807) is 0 Å². The smallest absolute Gasteiger partial charge is 0.431 e. The monoisotopic (exact) mass is 352 g/mol. The normalized spacial score (nSPS) is 17.8. The molecule has 0 radical (unpaired) electrons. The molecular formula is C9H6F10O3. The lowest BCUT2D eigenvalue weighted by molar-refractivity contribution is -0.400. The summed E-state index contributed by atoms with van der Waals surface area (Å²) in [5, 5.41) is 8.53. The second-order valence-corrected chi connectivity index (χ2v) is 3.75. The van der Waals surface area contributed by atoms with E-state index in [-0.39, 0.29) is 6.08 Å². The molecule has 13 heteroatoms. The SMILES string of the molecule is C=CC(=O)OC(C(F)(F)F)C(F)(F)C(O)(C(F)F)C(F)(F)F. The Morgan fingerprint density at radius 2 is 1.45 bits per heavy atom. The molecule has 0 aromatic heterocycles. The van der Waals surface area contributed by atoms with Gasteiger partial charge in [-0.15, -0.1) is 0 Å². The maximum absolute atomic E-state index is 13.4. The van der Waals surface area contributed by atoms with Crippen LogP contribution in [0.15, 0.2) is 12.7 Å². The van der Waals surface area contributed by atoms with Gasteiger partial charge >= 0.3 is 24.2 Å². The molecule has 3 nitrogen and oxygen atoms in total. The molecule has 1 N–H and O–H groups in total. The quantitative estimate of drug-likeness (QED) is 0.470. The summed E-state index contributed by atoms with van der Waals surface area (Å²) >= 11 is 0. The Morgan fingerprint density at radius 3 is 1.68 bits per heavy atom. The molecule has 2 unspecified atom stereocenters. The van der Waals surface area contributed by atoms with E-state index in [2.05, 4.69) is 11.3 Å². The minimum absolute atomic E-state index is 0.121. The summed E-state index contributed by atoms with van der Waals surface area (Å²) < 4.78 is 128. The topological polar surface area (TPSA) is 46.5 Å². The summed E-state index contributed by atoms with van der Waals surface area (Å²) in [6, 6.07) is 0. The fourth-order valence-electron chi connectivity index (χ4n) is 1.17. The molecule has 2 atom stereocenters. The minimum atomic E-state index is -6.87. The van der Waals surface area contributed by atoms with Crippen molar-refractivity contribution in [2.45, 2.75) is 36.4 Å². The van der Waals surface area contributed by atoms with Crippen molar-refractivity contribution in [3.05, 3.63) is 12.7 Å². The Balaban J connectivity index is 6.17. The third kappa shape index (κ3) is 3.44. The maximum atomic E-state index is 13.4. The molecule has 0 aliphatic rings. The molecule has 0 saturated carbocycles. The maximum Gasteiger partial charge on any atom is 0.431 e. The number of ether oxygens (including phenoxy) is 1. The van der Waals surface area contributed by atoms with Crippen LogP contribution in [0.3, 0.4) is 0 Å². The number of carbonyl (C=O) groups is 1. The predicted octanol–water partition coefficient (Wildman–Crippen LogP) is 2.84. The fraction of sp³-hybridized carbons (Fsp3) is 0.667. The third-order valence-corrected chi connectivity index (χ3v) is 2.28. The molecule has 0 fully saturated rings. The molecule has 0 aliphatic carbocycles. The van der Waals surface area contributed by atoms with Crippen LogP contribution in [0.4, 0.5) is 43.9 Å². The van der Waals surface area contributed by atoms with Crippen LogP contribution in [0.5, 0.6) is 0 Å². The molecular weight excluding hydrogens is 346 g/mol. The van der Waals surface area contributed by atoms with Gasteiger partial charge in [0.1, 0.15) is 0 Å². The summed E-state index contributed by atoms with van der Waals surface area (Å²) in [6.45, 7) is 2.50. The van der Waals surface area contributed by atoms with Gasteiger partial charge in [-0.25, -0.2) is 13.6 Å². The van der Waals surface area contributed by atoms with Gasteiger partial charge in [0.05, 0.1) is 0 Å². The first kappa shape index (κ1) is 20.5. The van der Waals surface area contributed by atoms with Crippen molar-refractivity contribution >= 4 is 5.97 Å². The molecule has 130 valence electrons. The van der Waals surface area contributed by atoms with Crippen molar-refractivity contribution in [2.24, 2.45) is 0 Å². The number of esters is 1. The number of halogens is 10. The first-order valence-corrected chi connectivity index (χ1v) is 4.88. The van der Waals surface area contributed by atoms with Crippen LogP contribution < -0.4 is 0 Å². The van der Waals surface area contributed by atoms with E-state index in [0.29, 0.717) is 0 Å². The Kier molecular flexibility index (Phi) is 5.52. The van der Waals surface area contributed by atoms with E-state index in [0.717, 1.165) is 0 Å². The molecule has 0 aromatic rings. The van der Waals surface area contributed by atoms with Gasteiger partial charge in [0.2, 0.25) is 0 Å². The largest absolute Gasteiger partial charge is 0.443 e. The number of alkyl halides is 10. The Bertz CT molecular complexity index is 426. The zero-order valence-electron chi connectivity index (χ0n) is 9.98. The standard InChI is InChI=1S/C9H6F10O3/c1-2-3(20)22-4(8(14,15)16)7(12,13)6(21,5(10)11)9(17,18)19/h2,4-5,21H,1H2. The zero-order chi connectivity index (χ0) is 18.1. The number of hydrogen-bond acceptors (Lipinski definition) is 3. The molecule has 0 saturated heterocycles. The Morgan fingerprint density at radius 1 is 1.05 bits per heavy atom. The highest BCUT2D eigenvalue weighted by Gasteiger charge is 2.81. The van der Waals surface area contributed by atoms with E-state index in [4.69, 9.17) is 5.11 Å². The highest BCUT2D eigenvalue weighted by molar-refractivity contribution is 5.81. The van der Waals surface area contributed by atoms with E-state index >= 15 is 0 Å². The summed E-state index contributed by atoms with van der Waals surface area (Å²) in [5.74, 6) is -8.91. The van der Waals surface area contributed by atoms with Crippen molar-refractivity contribution in [1.29, 1.82) is 0 Å². The van der Waals surface area contributed by atoms with Crippen LogP contribution >= 0.6 is 0 Å². The first-order chi connectivity index (χ1) is 9.53. The number of rotatable bonds is 5. The highest BCUT2D eigenvalue weighted by atomic mass is 19.4. The predicted molar refractivity (Wildman–Crippen MR) is 48.1 cm³/mol. The summed E-state index contributed by atoms with van der Waals surface area (Å²) in [4.78, 5) is 10.5. The van der Waals surface area contributed by atoms with Crippen molar-refractivity contribution in [3.63, 3.8) is 0 Å². The first-order valence-electron chi connectivity index (χ1n) is 4.88. The van der Waals surface area contributed by atoms with Crippen LogP contribution in [-0.4, -0.2) is 47.5 Å². The van der Waals surface area contributed by atoms with Gasteiger partial charge in [-0.2, -0.15) is 35.1 Å². The zero-order valence-corrected chi connectivity index (χ0v) is 9.98.